The smallest absolute Gasteiger partial charge is 0.175 e. The Morgan fingerprint density at radius 2 is 2.00 bits per heavy atom. The van der Waals surface area contributed by atoms with E-state index in [9.17, 15) is 5.11 Å². The first-order chi connectivity index (χ1) is 5.38. The van der Waals surface area contributed by atoms with Crippen molar-refractivity contribution in [3.8, 4) is 0 Å². The van der Waals surface area contributed by atoms with Crippen LogP contribution in [0.15, 0.2) is 35.7 Å². The van der Waals surface area contributed by atoms with E-state index in [2.05, 4.69) is 11.5 Å². The van der Waals surface area contributed by atoms with Gasteiger partial charge in [0.25, 0.3) is 0 Å². The fourth-order valence-electron chi connectivity index (χ4n) is 1.09. The number of fused-ring (bicyclic) bond motifs is 1. The summed E-state index contributed by atoms with van der Waals surface area (Å²) in [5.74, 6) is 0.170. The molecule has 0 saturated carbocycles. The second-order valence-electron chi connectivity index (χ2n) is 2.35. The summed E-state index contributed by atoms with van der Waals surface area (Å²) in [5.41, 5.74) is 7.15. The summed E-state index contributed by atoms with van der Waals surface area (Å²) in [5, 5.41) is 9.28. The van der Waals surface area contributed by atoms with Crippen molar-refractivity contribution in [3.63, 3.8) is 0 Å². The Morgan fingerprint density at radius 1 is 1.18 bits per heavy atom. The van der Waals surface area contributed by atoms with Crippen LogP contribution in [0.25, 0.3) is 11.8 Å². The van der Waals surface area contributed by atoms with Gasteiger partial charge in [0.2, 0.25) is 0 Å². The van der Waals surface area contributed by atoms with Crippen LogP contribution in [0, 0.1) is 0 Å². The summed E-state index contributed by atoms with van der Waals surface area (Å²) in [6.45, 7) is 0. The highest BCUT2D eigenvalue weighted by molar-refractivity contribution is 5.72. The van der Waals surface area contributed by atoms with Gasteiger partial charge < -0.3 is 5.11 Å². The fraction of sp³-hybridized carbons (Fsp3) is 0. The average Bonchev–Trinajstić information content (AvgIpc) is 2.06. The molecule has 0 aliphatic heterocycles. The minimum Gasteiger partial charge on any atom is -0.500 e. The van der Waals surface area contributed by atoms with Crippen molar-refractivity contribution in [3.05, 3.63) is 46.9 Å². The van der Waals surface area contributed by atoms with Crippen LogP contribution in [0.1, 0.15) is 11.1 Å². The third-order valence-electron chi connectivity index (χ3n) is 1.63. The van der Waals surface area contributed by atoms with E-state index < -0.39 is 0 Å². The Labute approximate surface area is 64.6 Å². The molecule has 1 aliphatic carbocycles. The van der Waals surface area contributed by atoms with Crippen LogP contribution < -0.4 is 0 Å². The Morgan fingerprint density at radius 3 is 2.82 bits per heavy atom. The van der Waals surface area contributed by atoms with Crippen molar-refractivity contribution in [2.45, 2.75) is 0 Å². The summed E-state index contributed by atoms with van der Waals surface area (Å²) in [4.78, 5) is 0. The molecule has 1 N–H and O–H groups in total. The van der Waals surface area contributed by atoms with Gasteiger partial charge in [-0.25, -0.2) is 0 Å². The molecular formula is C10H6O. The quantitative estimate of drug-likeness (QED) is 0.551. The van der Waals surface area contributed by atoms with Gasteiger partial charge >= 0.3 is 0 Å². The molecule has 0 saturated heterocycles. The lowest BCUT2D eigenvalue weighted by Gasteiger charge is -2.02. The van der Waals surface area contributed by atoms with Gasteiger partial charge in [-0.3, -0.25) is 0 Å². The zero-order chi connectivity index (χ0) is 7.68. The SMILES string of the molecule is OC1=C=C=Cc2ccccc21. The molecule has 1 aromatic carbocycles. The molecule has 11 heavy (non-hydrogen) atoms. The lowest BCUT2D eigenvalue weighted by molar-refractivity contribution is 0.512. The fourth-order valence-corrected chi connectivity index (χ4v) is 1.09. The van der Waals surface area contributed by atoms with E-state index in [-0.39, 0.29) is 5.76 Å². The number of benzene rings is 1. The van der Waals surface area contributed by atoms with Crippen LogP contribution in [0.4, 0.5) is 0 Å². The highest BCUT2D eigenvalue weighted by Gasteiger charge is 2.03. The lowest BCUT2D eigenvalue weighted by atomic mass is 10.0. The zero-order valence-electron chi connectivity index (χ0n) is 5.83. The summed E-state index contributed by atoms with van der Waals surface area (Å²) in [6, 6.07) is 7.60. The first kappa shape index (κ1) is 6.06. The Hall–Kier alpha value is -1.68. The van der Waals surface area contributed by atoms with Crippen molar-refractivity contribution >= 4 is 11.8 Å². The van der Waals surface area contributed by atoms with Crippen LogP contribution in [0.5, 0.6) is 0 Å². The van der Waals surface area contributed by atoms with E-state index in [1.165, 1.54) is 0 Å². The number of hydrogen-bond donors (Lipinski definition) is 1. The monoisotopic (exact) mass is 142 g/mol. The van der Waals surface area contributed by atoms with Crippen LogP contribution in [-0.2, 0) is 0 Å². The van der Waals surface area contributed by atoms with Crippen LogP contribution in [0.2, 0.25) is 0 Å². The van der Waals surface area contributed by atoms with Crippen molar-refractivity contribution in [1.29, 1.82) is 0 Å². The molecule has 0 heterocycles. The van der Waals surface area contributed by atoms with Crippen LogP contribution in [0.3, 0.4) is 0 Å². The first-order valence-corrected chi connectivity index (χ1v) is 3.38. The third-order valence-corrected chi connectivity index (χ3v) is 1.63. The van der Waals surface area contributed by atoms with Gasteiger partial charge in [-0.2, -0.15) is 0 Å². The largest absolute Gasteiger partial charge is 0.500 e. The molecule has 0 bridgehead atoms. The van der Waals surface area contributed by atoms with E-state index in [0.29, 0.717) is 0 Å². The molecular weight excluding hydrogens is 136 g/mol. The molecule has 1 nitrogen and oxygen atoms in total. The maximum Gasteiger partial charge on any atom is 0.175 e. The minimum atomic E-state index is 0.170. The predicted octanol–water partition coefficient (Wildman–Crippen LogP) is 2.37. The van der Waals surface area contributed by atoms with Gasteiger partial charge in [0.05, 0.1) is 0 Å². The topological polar surface area (TPSA) is 20.2 Å². The van der Waals surface area contributed by atoms with Gasteiger partial charge in [-0.05, 0) is 23.4 Å². The van der Waals surface area contributed by atoms with Crippen molar-refractivity contribution in [2.75, 3.05) is 0 Å². The first-order valence-electron chi connectivity index (χ1n) is 3.38. The maximum absolute atomic E-state index is 9.28. The second-order valence-corrected chi connectivity index (χ2v) is 2.35. The molecule has 1 aromatic rings. The van der Waals surface area contributed by atoms with Gasteiger partial charge in [0, 0.05) is 5.56 Å². The number of hydrogen-bond acceptors (Lipinski definition) is 1. The molecule has 52 valence electrons. The molecule has 0 fully saturated rings. The van der Waals surface area contributed by atoms with Gasteiger partial charge in [-0.15, -0.1) is 0 Å². The number of aliphatic hydroxyl groups excluding tert-OH is 1. The lowest BCUT2D eigenvalue weighted by Crippen LogP contribution is -1.87. The molecule has 2 rings (SSSR count). The summed E-state index contributed by atoms with van der Waals surface area (Å²) < 4.78 is 0. The Bertz CT molecular complexity index is 389. The van der Waals surface area contributed by atoms with E-state index in [1.54, 1.807) is 6.08 Å². The van der Waals surface area contributed by atoms with Gasteiger partial charge in [0.1, 0.15) is 0 Å². The molecule has 0 spiro atoms. The van der Waals surface area contributed by atoms with Crippen molar-refractivity contribution in [1.82, 2.24) is 0 Å². The zero-order valence-corrected chi connectivity index (χ0v) is 5.83. The number of rotatable bonds is 0. The maximum atomic E-state index is 9.28. The highest BCUT2D eigenvalue weighted by Crippen LogP contribution is 2.18. The van der Waals surface area contributed by atoms with Gasteiger partial charge in [-0.1, -0.05) is 23.9 Å². The molecule has 0 atom stereocenters. The molecule has 0 aromatic heterocycles. The summed E-state index contributed by atoms with van der Waals surface area (Å²) >= 11 is 0. The van der Waals surface area contributed by atoms with E-state index in [1.807, 2.05) is 24.3 Å². The molecule has 1 aliphatic rings. The average molecular weight is 142 g/mol. The molecule has 0 amide bonds. The van der Waals surface area contributed by atoms with Gasteiger partial charge in [0.15, 0.2) is 5.76 Å². The standard InChI is InChI=1S/C10H6O/c11-10-7-3-5-8-4-1-2-6-9(8)10/h1-2,4-6,11H. The highest BCUT2D eigenvalue weighted by atomic mass is 16.3. The van der Waals surface area contributed by atoms with Crippen molar-refractivity contribution in [2.24, 2.45) is 0 Å². The normalized spacial score (nSPS) is 12.5. The molecule has 0 unspecified atom stereocenters. The third kappa shape index (κ3) is 0.890. The molecule has 1 heteroatoms. The van der Waals surface area contributed by atoms with Crippen molar-refractivity contribution < 1.29 is 5.11 Å². The van der Waals surface area contributed by atoms with E-state index >= 15 is 0 Å². The molecule has 0 radical (unpaired) electrons. The Kier molecular flexibility index (Phi) is 1.20. The van der Waals surface area contributed by atoms with E-state index in [0.717, 1.165) is 11.1 Å². The minimum absolute atomic E-state index is 0.170. The summed E-state index contributed by atoms with van der Waals surface area (Å²) in [7, 11) is 0. The second kappa shape index (κ2) is 2.17. The predicted molar refractivity (Wildman–Crippen MR) is 44.0 cm³/mol. The Balaban J connectivity index is 2.77. The van der Waals surface area contributed by atoms with Crippen LogP contribution in [-0.4, -0.2) is 5.11 Å². The van der Waals surface area contributed by atoms with Crippen LogP contribution >= 0.6 is 0 Å². The number of aliphatic hydroxyl groups is 1. The summed E-state index contributed by atoms with van der Waals surface area (Å²) in [6.07, 6.45) is 1.80. The van der Waals surface area contributed by atoms with E-state index in [4.69, 9.17) is 0 Å².